The zero-order valence-electron chi connectivity index (χ0n) is 27.9. The number of hydrogen-bond donors (Lipinski definition) is 0. The molecular formula is C47H28N4O. The average Bonchev–Trinajstić information content (AvgIpc) is 3.77. The van der Waals surface area contributed by atoms with Crippen LogP contribution < -0.4 is 0 Å². The topological polar surface area (TPSA) is 56.7 Å². The van der Waals surface area contributed by atoms with E-state index in [1.165, 1.54) is 27.1 Å². The molecule has 3 aromatic heterocycles. The van der Waals surface area contributed by atoms with Gasteiger partial charge in [0.05, 0.1) is 11.0 Å². The van der Waals surface area contributed by atoms with Gasteiger partial charge < -0.3 is 8.98 Å². The van der Waals surface area contributed by atoms with Gasteiger partial charge >= 0.3 is 0 Å². The minimum atomic E-state index is 0.597. The summed E-state index contributed by atoms with van der Waals surface area (Å²) < 4.78 is 9.19. The second-order valence-electron chi connectivity index (χ2n) is 13.2. The molecule has 11 rings (SSSR count). The molecule has 5 heteroatoms. The van der Waals surface area contributed by atoms with E-state index in [0.717, 1.165) is 60.6 Å². The van der Waals surface area contributed by atoms with Gasteiger partial charge in [0.1, 0.15) is 11.2 Å². The van der Waals surface area contributed by atoms with Crippen LogP contribution >= 0.6 is 0 Å². The summed E-state index contributed by atoms with van der Waals surface area (Å²) in [7, 11) is 0. The molecule has 0 N–H and O–H groups in total. The van der Waals surface area contributed by atoms with Crippen LogP contribution in [0.4, 0.5) is 0 Å². The quantitative estimate of drug-likeness (QED) is 0.188. The van der Waals surface area contributed by atoms with Crippen LogP contribution in [0, 0.1) is 0 Å². The van der Waals surface area contributed by atoms with Crippen LogP contribution in [0.15, 0.2) is 174 Å². The van der Waals surface area contributed by atoms with Gasteiger partial charge in [0.2, 0.25) is 0 Å². The Bertz CT molecular complexity index is 3120. The van der Waals surface area contributed by atoms with Gasteiger partial charge in [0.15, 0.2) is 17.5 Å². The van der Waals surface area contributed by atoms with E-state index >= 15 is 0 Å². The van der Waals surface area contributed by atoms with Crippen LogP contribution in [0.3, 0.4) is 0 Å². The zero-order valence-corrected chi connectivity index (χ0v) is 27.9. The molecule has 242 valence electrons. The fourth-order valence-corrected chi connectivity index (χ4v) is 7.84. The molecule has 5 nitrogen and oxygen atoms in total. The van der Waals surface area contributed by atoms with Crippen molar-refractivity contribution in [1.82, 2.24) is 19.5 Å². The molecule has 0 atom stereocenters. The smallest absolute Gasteiger partial charge is 0.164 e. The molecular weight excluding hydrogens is 637 g/mol. The highest BCUT2D eigenvalue weighted by atomic mass is 16.3. The molecule has 0 spiro atoms. The highest BCUT2D eigenvalue weighted by Crippen LogP contribution is 2.43. The zero-order chi connectivity index (χ0) is 34.2. The lowest BCUT2D eigenvalue weighted by atomic mass is 9.99. The standard InChI is InChI=1S/C47H28N4O/c1-3-14-30(15-4-1)45-48-46(31-16-5-2-6-17-31)50-47(49-45)39-27-32-18-8-10-20-35(32)44-42(39)38-28-33(24-26-41(38)52-44)51-40-22-12-11-21-36(40)37-25-23-29-13-7-9-19-34(29)43(37)51/h1-28H. The normalized spacial score (nSPS) is 11.8. The predicted octanol–water partition coefficient (Wildman–Crippen LogP) is 12.2. The van der Waals surface area contributed by atoms with Crippen LogP contribution in [0.2, 0.25) is 0 Å². The summed E-state index contributed by atoms with van der Waals surface area (Å²) in [5, 5.41) is 8.95. The van der Waals surface area contributed by atoms with Crippen molar-refractivity contribution in [3.05, 3.63) is 170 Å². The Morgan fingerprint density at radius 3 is 1.79 bits per heavy atom. The van der Waals surface area contributed by atoms with Crippen molar-refractivity contribution in [3.63, 3.8) is 0 Å². The van der Waals surface area contributed by atoms with Crippen LogP contribution in [0.5, 0.6) is 0 Å². The Hall–Kier alpha value is -7.11. The minimum absolute atomic E-state index is 0.597. The first-order valence-corrected chi connectivity index (χ1v) is 17.5. The van der Waals surface area contributed by atoms with E-state index in [-0.39, 0.29) is 0 Å². The summed E-state index contributed by atoms with van der Waals surface area (Å²) in [5.41, 5.74) is 7.78. The van der Waals surface area contributed by atoms with Gasteiger partial charge in [-0.05, 0) is 41.1 Å². The van der Waals surface area contributed by atoms with Crippen LogP contribution in [-0.4, -0.2) is 19.5 Å². The maximum Gasteiger partial charge on any atom is 0.164 e. The Kier molecular flexibility index (Phi) is 6.18. The summed E-state index contributed by atoms with van der Waals surface area (Å²) in [6.07, 6.45) is 0. The van der Waals surface area contributed by atoms with Crippen molar-refractivity contribution in [2.75, 3.05) is 0 Å². The van der Waals surface area contributed by atoms with E-state index in [0.29, 0.717) is 17.5 Å². The lowest BCUT2D eigenvalue weighted by molar-refractivity contribution is 0.672. The number of furan rings is 1. The van der Waals surface area contributed by atoms with E-state index in [1.54, 1.807) is 0 Å². The summed E-state index contributed by atoms with van der Waals surface area (Å²) in [4.78, 5) is 15.3. The molecule has 0 saturated carbocycles. The van der Waals surface area contributed by atoms with Crippen molar-refractivity contribution >= 4 is 65.3 Å². The van der Waals surface area contributed by atoms with Crippen LogP contribution in [-0.2, 0) is 0 Å². The third-order valence-electron chi connectivity index (χ3n) is 10.2. The lowest BCUT2D eigenvalue weighted by Crippen LogP contribution is -2.00. The summed E-state index contributed by atoms with van der Waals surface area (Å²) in [6, 6.07) is 59.1. The van der Waals surface area contributed by atoms with Crippen molar-refractivity contribution in [3.8, 4) is 39.9 Å². The molecule has 3 heterocycles. The molecule has 0 radical (unpaired) electrons. The van der Waals surface area contributed by atoms with Gasteiger partial charge in [-0.15, -0.1) is 0 Å². The summed E-state index contributed by atoms with van der Waals surface area (Å²) >= 11 is 0. The van der Waals surface area contributed by atoms with Crippen molar-refractivity contribution in [1.29, 1.82) is 0 Å². The van der Waals surface area contributed by atoms with Gasteiger partial charge in [0.25, 0.3) is 0 Å². The second-order valence-corrected chi connectivity index (χ2v) is 13.2. The summed E-state index contributed by atoms with van der Waals surface area (Å²) in [5.74, 6) is 1.84. The van der Waals surface area contributed by atoms with Gasteiger partial charge in [-0.1, -0.05) is 140 Å². The fraction of sp³-hybridized carbons (Fsp3) is 0. The number of aromatic nitrogens is 4. The van der Waals surface area contributed by atoms with Crippen LogP contribution in [0.25, 0.3) is 105 Å². The van der Waals surface area contributed by atoms with Gasteiger partial charge in [-0.25, -0.2) is 15.0 Å². The molecule has 0 amide bonds. The number of hydrogen-bond acceptors (Lipinski definition) is 4. The van der Waals surface area contributed by atoms with Crippen molar-refractivity contribution in [2.45, 2.75) is 0 Å². The molecule has 0 aliphatic rings. The molecule has 0 bridgehead atoms. The molecule has 8 aromatic carbocycles. The Balaban J connectivity index is 1.24. The van der Waals surface area contributed by atoms with E-state index in [1.807, 2.05) is 60.7 Å². The molecule has 0 saturated heterocycles. The largest absolute Gasteiger partial charge is 0.455 e. The first-order chi connectivity index (χ1) is 25.8. The fourth-order valence-electron chi connectivity index (χ4n) is 7.84. The molecule has 0 aliphatic carbocycles. The van der Waals surface area contributed by atoms with Gasteiger partial charge in [-0.3, -0.25) is 0 Å². The Morgan fingerprint density at radius 2 is 1.04 bits per heavy atom. The molecule has 11 aromatic rings. The summed E-state index contributed by atoms with van der Waals surface area (Å²) in [6.45, 7) is 0. The maximum atomic E-state index is 6.79. The first-order valence-electron chi connectivity index (χ1n) is 17.5. The Labute approximate surface area is 298 Å². The van der Waals surface area contributed by atoms with Crippen molar-refractivity contribution < 1.29 is 4.42 Å². The number of para-hydroxylation sites is 1. The lowest BCUT2D eigenvalue weighted by Gasteiger charge is -2.11. The van der Waals surface area contributed by atoms with E-state index in [9.17, 15) is 0 Å². The SMILES string of the molecule is c1ccc(-c2nc(-c3ccccc3)nc(-c3cc4ccccc4c4oc5ccc(-n6c7ccccc7c7ccc8ccccc8c76)cc5c34)n2)cc1. The number of nitrogens with zero attached hydrogens (tertiary/aromatic N) is 4. The van der Waals surface area contributed by atoms with Gasteiger partial charge in [0, 0.05) is 54.7 Å². The van der Waals surface area contributed by atoms with E-state index in [4.69, 9.17) is 19.4 Å². The monoisotopic (exact) mass is 664 g/mol. The molecule has 0 unspecified atom stereocenters. The van der Waals surface area contributed by atoms with Crippen molar-refractivity contribution in [2.24, 2.45) is 0 Å². The average molecular weight is 665 g/mol. The molecule has 0 aliphatic heterocycles. The molecule has 0 fully saturated rings. The van der Waals surface area contributed by atoms with E-state index < -0.39 is 0 Å². The van der Waals surface area contributed by atoms with E-state index in [2.05, 4.69) is 114 Å². The number of rotatable bonds is 4. The predicted molar refractivity (Wildman–Crippen MR) is 213 cm³/mol. The highest BCUT2D eigenvalue weighted by Gasteiger charge is 2.22. The second kappa shape index (κ2) is 11.2. The van der Waals surface area contributed by atoms with Crippen LogP contribution in [0.1, 0.15) is 0 Å². The highest BCUT2D eigenvalue weighted by molar-refractivity contribution is 6.22. The molecule has 52 heavy (non-hydrogen) atoms. The Morgan fingerprint density at radius 1 is 0.423 bits per heavy atom. The third-order valence-corrected chi connectivity index (χ3v) is 10.2. The third kappa shape index (κ3) is 4.33. The number of benzene rings is 8. The first kappa shape index (κ1) is 28.7. The minimum Gasteiger partial charge on any atom is -0.455 e. The maximum absolute atomic E-state index is 6.79. The van der Waals surface area contributed by atoms with Gasteiger partial charge in [-0.2, -0.15) is 0 Å². The number of fused-ring (bicyclic) bond motifs is 10.